The Morgan fingerprint density at radius 2 is 2.50 bits per heavy atom. The molecule has 0 aliphatic carbocycles. The summed E-state index contributed by atoms with van der Waals surface area (Å²) < 4.78 is 19.5. The molecular formula is C3H6N3O3P. The zero-order valence-electron chi connectivity index (χ0n) is 5.22. The fourth-order valence-corrected chi connectivity index (χ4v) is 0.680. The first-order chi connectivity index (χ1) is 4.83. The van der Waals surface area contributed by atoms with E-state index >= 15 is 0 Å². The van der Waals surface area contributed by atoms with E-state index in [1.54, 1.807) is 0 Å². The van der Waals surface area contributed by atoms with Gasteiger partial charge in [0, 0.05) is 7.11 Å². The fourth-order valence-electron chi connectivity index (χ4n) is 0.358. The lowest BCUT2D eigenvalue weighted by molar-refractivity contribution is 0.201. The lowest BCUT2D eigenvalue weighted by Crippen LogP contribution is -2.03. The summed E-state index contributed by atoms with van der Waals surface area (Å²) in [4.78, 5) is 4.54. The van der Waals surface area contributed by atoms with Crippen LogP contribution in [-0.4, -0.2) is 22.0 Å². The van der Waals surface area contributed by atoms with E-state index in [1.807, 2.05) is 0 Å². The topological polar surface area (TPSA) is 66.2 Å². The minimum absolute atomic E-state index is 0.977. The van der Waals surface area contributed by atoms with Crippen LogP contribution in [0.5, 0.6) is 0 Å². The van der Waals surface area contributed by atoms with Crippen LogP contribution < -0.4 is 4.62 Å². The Hall–Kier alpha value is -0.870. The van der Waals surface area contributed by atoms with Crippen molar-refractivity contribution in [2.24, 2.45) is 0 Å². The number of hydrogen-bond donors (Lipinski definition) is 0. The van der Waals surface area contributed by atoms with Crippen molar-refractivity contribution >= 4 is 8.25 Å². The van der Waals surface area contributed by atoms with E-state index in [1.165, 1.54) is 19.8 Å². The summed E-state index contributed by atoms with van der Waals surface area (Å²) in [7, 11) is -1.15. The maximum absolute atomic E-state index is 10.5. The third-order valence-corrected chi connectivity index (χ3v) is 1.40. The van der Waals surface area contributed by atoms with Gasteiger partial charge in [0.05, 0.1) is 0 Å². The first-order valence-electron chi connectivity index (χ1n) is 2.44. The van der Waals surface area contributed by atoms with E-state index in [2.05, 4.69) is 19.2 Å². The SMILES string of the molecule is CO[PH](=O)On1cncn1. The molecule has 1 unspecified atom stereocenters. The molecule has 0 aromatic carbocycles. The van der Waals surface area contributed by atoms with Crippen molar-refractivity contribution in [1.29, 1.82) is 0 Å². The zero-order chi connectivity index (χ0) is 7.40. The average molecular weight is 163 g/mol. The van der Waals surface area contributed by atoms with E-state index in [9.17, 15) is 4.57 Å². The van der Waals surface area contributed by atoms with Crippen molar-refractivity contribution in [1.82, 2.24) is 14.9 Å². The third kappa shape index (κ3) is 1.82. The molecule has 6 nitrogen and oxygen atoms in total. The Balaban J connectivity index is 2.48. The van der Waals surface area contributed by atoms with Gasteiger partial charge < -0.3 is 9.15 Å². The first-order valence-corrected chi connectivity index (χ1v) is 3.66. The van der Waals surface area contributed by atoms with Crippen LogP contribution in [-0.2, 0) is 9.09 Å². The van der Waals surface area contributed by atoms with Gasteiger partial charge in [-0.15, -0.1) is 5.10 Å². The van der Waals surface area contributed by atoms with Crippen LogP contribution in [0.4, 0.5) is 0 Å². The van der Waals surface area contributed by atoms with Crippen molar-refractivity contribution in [2.45, 2.75) is 0 Å². The van der Waals surface area contributed by atoms with Gasteiger partial charge in [-0.1, -0.05) is 4.85 Å². The predicted molar refractivity (Wildman–Crippen MR) is 32.6 cm³/mol. The summed E-state index contributed by atoms with van der Waals surface area (Å²) in [6, 6.07) is 0. The van der Waals surface area contributed by atoms with Gasteiger partial charge in [0.25, 0.3) is 0 Å². The molecule has 0 radical (unpaired) electrons. The molecule has 0 saturated carbocycles. The number of aromatic nitrogens is 3. The first kappa shape index (κ1) is 7.24. The molecule has 10 heavy (non-hydrogen) atoms. The summed E-state index contributed by atoms with van der Waals surface area (Å²) in [5.74, 6) is 0. The van der Waals surface area contributed by atoms with E-state index in [4.69, 9.17) is 0 Å². The number of nitrogens with zero attached hydrogens (tertiary/aromatic N) is 3. The second-order valence-electron chi connectivity index (χ2n) is 1.34. The van der Waals surface area contributed by atoms with Crippen LogP contribution in [0.25, 0.3) is 0 Å². The lowest BCUT2D eigenvalue weighted by Gasteiger charge is -1.99. The number of rotatable bonds is 3. The molecule has 0 fully saturated rings. The van der Waals surface area contributed by atoms with Gasteiger partial charge in [-0.05, 0) is 0 Å². The standard InChI is InChI=1S/C3H6N3O3P/c1-8-10(7)9-6-3-4-2-5-6/h2-3,10H,1H3. The van der Waals surface area contributed by atoms with E-state index in [0.717, 1.165) is 4.85 Å². The Bertz CT molecular complexity index is 211. The summed E-state index contributed by atoms with van der Waals surface area (Å²) in [6.07, 6.45) is 2.55. The predicted octanol–water partition coefficient (Wildman–Crippen LogP) is -0.257. The molecule has 0 spiro atoms. The molecule has 56 valence electrons. The van der Waals surface area contributed by atoms with Crippen molar-refractivity contribution in [3.8, 4) is 0 Å². The normalized spacial score (nSPS) is 12.9. The van der Waals surface area contributed by atoms with Gasteiger partial charge in [-0.2, -0.15) is 0 Å². The average Bonchev–Trinajstić information content (AvgIpc) is 2.40. The lowest BCUT2D eigenvalue weighted by atomic mass is 11.3. The molecule has 0 amide bonds. The highest BCUT2D eigenvalue weighted by Crippen LogP contribution is 2.15. The molecule has 0 aliphatic rings. The summed E-state index contributed by atoms with van der Waals surface area (Å²) >= 11 is 0. The van der Waals surface area contributed by atoms with Crippen molar-refractivity contribution < 1.29 is 13.7 Å². The Labute approximate surface area is 57.7 Å². The van der Waals surface area contributed by atoms with Crippen molar-refractivity contribution in [3.05, 3.63) is 12.7 Å². The maximum atomic E-state index is 10.5. The number of hydrogen-bond acceptors (Lipinski definition) is 5. The molecule has 0 aliphatic heterocycles. The highest BCUT2D eigenvalue weighted by molar-refractivity contribution is 7.33. The highest BCUT2D eigenvalue weighted by Gasteiger charge is 1.96. The summed E-state index contributed by atoms with van der Waals surface area (Å²) in [6.45, 7) is 0. The second-order valence-corrected chi connectivity index (χ2v) is 2.43. The molecule has 1 aromatic rings. The quantitative estimate of drug-likeness (QED) is 0.574. The summed E-state index contributed by atoms with van der Waals surface area (Å²) in [5.41, 5.74) is 0. The zero-order valence-corrected chi connectivity index (χ0v) is 6.22. The van der Waals surface area contributed by atoms with Crippen LogP contribution in [0, 0.1) is 0 Å². The third-order valence-electron chi connectivity index (χ3n) is 0.732. The molecule has 0 bridgehead atoms. The fraction of sp³-hybridized carbons (Fsp3) is 0.333. The Morgan fingerprint density at radius 3 is 3.00 bits per heavy atom. The molecule has 0 saturated heterocycles. The van der Waals surface area contributed by atoms with Gasteiger partial charge in [0.2, 0.25) is 0 Å². The highest BCUT2D eigenvalue weighted by atomic mass is 31.1. The largest absolute Gasteiger partial charge is 0.389 e. The Morgan fingerprint density at radius 1 is 1.70 bits per heavy atom. The van der Waals surface area contributed by atoms with Gasteiger partial charge >= 0.3 is 8.25 Å². The van der Waals surface area contributed by atoms with Gasteiger partial charge in [0.1, 0.15) is 6.33 Å². The monoisotopic (exact) mass is 163 g/mol. The minimum Gasteiger partial charge on any atom is -0.316 e. The van der Waals surface area contributed by atoms with Crippen LogP contribution in [0.3, 0.4) is 0 Å². The minimum atomic E-state index is -2.44. The summed E-state index contributed by atoms with van der Waals surface area (Å²) in [5, 5.41) is 3.53. The molecular weight excluding hydrogens is 157 g/mol. The molecule has 7 heteroatoms. The van der Waals surface area contributed by atoms with Crippen LogP contribution in [0.1, 0.15) is 0 Å². The van der Waals surface area contributed by atoms with Crippen LogP contribution in [0.2, 0.25) is 0 Å². The van der Waals surface area contributed by atoms with Crippen LogP contribution in [0.15, 0.2) is 12.7 Å². The van der Waals surface area contributed by atoms with Crippen molar-refractivity contribution in [2.75, 3.05) is 7.11 Å². The molecule has 1 rings (SSSR count). The van der Waals surface area contributed by atoms with E-state index in [-0.39, 0.29) is 0 Å². The maximum Gasteiger partial charge on any atom is 0.389 e. The van der Waals surface area contributed by atoms with Gasteiger partial charge in [0.15, 0.2) is 6.33 Å². The molecule has 0 N–H and O–H groups in total. The Kier molecular flexibility index (Phi) is 2.42. The molecule has 1 heterocycles. The molecule has 1 atom stereocenters. The smallest absolute Gasteiger partial charge is 0.316 e. The van der Waals surface area contributed by atoms with E-state index in [0.29, 0.717) is 0 Å². The van der Waals surface area contributed by atoms with Gasteiger partial charge in [-0.3, -0.25) is 0 Å². The second kappa shape index (κ2) is 3.34. The van der Waals surface area contributed by atoms with Crippen molar-refractivity contribution in [3.63, 3.8) is 0 Å². The van der Waals surface area contributed by atoms with E-state index < -0.39 is 8.25 Å². The van der Waals surface area contributed by atoms with Gasteiger partial charge in [-0.25, -0.2) is 9.55 Å². The molecule has 1 aromatic heterocycles. The van der Waals surface area contributed by atoms with Crippen LogP contribution >= 0.6 is 8.25 Å².